The van der Waals surface area contributed by atoms with E-state index in [0.717, 1.165) is 9.72 Å². The van der Waals surface area contributed by atoms with Crippen molar-refractivity contribution in [2.45, 2.75) is 13.5 Å². The fraction of sp³-hybridized carbons (Fsp3) is 0.200. The summed E-state index contributed by atoms with van der Waals surface area (Å²) in [7, 11) is 0. The fourth-order valence-corrected chi connectivity index (χ4v) is 2.83. The summed E-state index contributed by atoms with van der Waals surface area (Å²) in [4.78, 5) is 1.23. The third-order valence-electron chi connectivity index (χ3n) is 2.20. The van der Waals surface area contributed by atoms with E-state index in [-0.39, 0.29) is 0 Å². The van der Waals surface area contributed by atoms with Crippen LogP contribution in [0.25, 0.3) is 10.1 Å². The minimum Gasteiger partial charge on any atom is -0.326 e. The largest absolute Gasteiger partial charge is 0.326 e. The minimum absolute atomic E-state index is 0.599. The van der Waals surface area contributed by atoms with Crippen LogP contribution >= 0.6 is 22.9 Å². The number of thiophene rings is 1. The third-order valence-corrected chi connectivity index (χ3v) is 3.99. The van der Waals surface area contributed by atoms with E-state index in [1.807, 2.05) is 12.1 Å². The minimum atomic E-state index is 0.599. The molecule has 0 atom stereocenters. The standard InChI is InChI=1S/C10H10ClNS/c1-6-7-3-2-4-8(11)10(7)13-9(6)5-12/h2-4H,5,12H2,1H3. The molecule has 0 radical (unpaired) electrons. The van der Waals surface area contributed by atoms with Gasteiger partial charge in [0.1, 0.15) is 0 Å². The van der Waals surface area contributed by atoms with Gasteiger partial charge in [-0.05, 0) is 23.9 Å². The van der Waals surface area contributed by atoms with Gasteiger partial charge in [-0.15, -0.1) is 11.3 Å². The van der Waals surface area contributed by atoms with E-state index in [1.165, 1.54) is 15.8 Å². The molecule has 0 amide bonds. The molecule has 1 aromatic heterocycles. The van der Waals surface area contributed by atoms with E-state index >= 15 is 0 Å². The lowest BCUT2D eigenvalue weighted by Gasteiger charge is -1.93. The molecule has 3 heteroatoms. The average Bonchev–Trinajstić information content (AvgIpc) is 2.45. The van der Waals surface area contributed by atoms with Gasteiger partial charge in [0, 0.05) is 11.4 Å². The van der Waals surface area contributed by atoms with Crippen LogP contribution in [0, 0.1) is 6.92 Å². The molecule has 0 saturated carbocycles. The Morgan fingerprint density at radius 2 is 2.23 bits per heavy atom. The number of aryl methyl sites for hydroxylation is 1. The Bertz CT molecular complexity index is 447. The van der Waals surface area contributed by atoms with E-state index in [9.17, 15) is 0 Å². The molecule has 0 aliphatic rings. The predicted molar refractivity (Wildman–Crippen MR) is 59.5 cm³/mol. The molecule has 0 aliphatic heterocycles. The van der Waals surface area contributed by atoms with Crippen LogP contribution in [0.5, 0.6) is 0 Å². The molecule has 2 rings (SSSR count). The topological polar surface area (TPSA) is 26.0 Å². The van der Waals surface area contributed by atoms with Crippen LogP contribution in [0.1, 0.15) is 10.4 Å². The molecule has 0 fully saturated rings. The Kier molecular flexibility index (Phi) is 2.28. The summed E-state index contributed by atoms with van der Waals surface area (Å²) in [6, 6.07) is 5.98. The van der Waals surface area contributed by atoms with E-state index in [4.69, 9.17) is 17.3 Å². The van der Waals surface area contributed by atoms with Crippen molar-refractivity contribution in [1.29, 1.82) is 0 Å². The molecule has 0 aliphatic carbocycles. The lowest BCUT2D eigenvalue weighted by molar-refractivity contribution is 1.09. The monoisotopic (exact) mass is 211 g/mol. The lowest BCUT2D eigenvalue weighted by Crippen LogP contribution is -1.93. The first-order chi connectivity index (χ1) is 6.24. The van der Waals surface area contributed by atoms with E-state index < -0.39 is 0 Å². The van der Waals surface area contributed by atoms with Gasteiger partial charge in [-0.1, -0.05) is 23.7 Å². The van der Waals surface area contributed by atoms with Gasteiger partial charge < -0.3 is 5.73 Å². The highest BCUT2D eigenvalue weighted by Gasteiger charge is 2.08. The Morgan fingerprint density at radius 1 is 1.46 bits per heavy atom. The zero-order valence-corrected chi connectivity index (χ0v) is 8.88. The van der Waals surface area contributed by atoms with Crippen molar-refractivity contribution in [3.8, 4) is 0 Å². The van der Waals surface area contributed by atoms with Crippen LogP contribution in [0.2, 0.25) is 5.02 Å². The summed E-state index contributed by atoms with van der Waals surface area (Å²) < 4.78 is 1.15. The van der Waals surface area contributed by atoms with Gasteiger partial charge >= 0.3 is 0 Å². The van der Waals surface area contributed by atoms with Gasteiger partial charge in [-0.3, -0.25) is 0 Å². The summed E-state index contributed by atoms with van der Waals surface area (Å²) in [5.41, 5.74) is 6.90. The van der Waals surface area contributed by atoms with Crippen molar-refractivity contribution >= 4 is 33.0 Å². The quantitative estimate of drug-likeness (QED) is 0.770. The van der Waals surface area contributed by atoms with Crippen molar-refractivity contribution in [2.75, 3.05) is 0 Å². The van der Waals surface area contributed by atoms with Crippen LogP contribution in [0.15, 0.2) is 18.2 Å². The summed E-state index contributed by atoms with van der Waals surface area (Å²) in [6.45, 7) is 2.69. The van der Waals surface area contributed by atoms with Gasteiger partial charge in [-0.2, -0.15) is 0 Å². The van der Waals surface area contributed by atoms with E-state index in [2.05, 4.69) is 13.0 Å². The molecule has 1 aromatic carbocycles. The number of fused-ring (bicyclic) bond motifs is 1. The predicted octanol–water partition coefficient (Wildman–Crippen LogP) is 3.32. The van der Waals surface area contributed by atoms with Gasteiger partial charge in [0.2, 0.25) is 0 Å². The Hall–Kier alpha value is -0.570. The summed E-state index contributed by atoms with van der Waals surface area (Å²) >= 11 is 7.76. The van der Waals surface area contributed by atoms with Gasteiger partial charge in [-0.25, -0.2) is 0 Å². The highest BCUT2D eigenvalue weighted by Crippen LogP contribution is 2.35. The maximum absolute atomic E-state index is 6.07. The van der Waals surface area contributed by atoms with Crippen molar-refractivity contribution in [1.82, 2.24) is 0 Å². The van der Waals surface area contributed by atoms with Crippen LogP contribution < -0.4 is 5.73 Å². The zero-order valence-electron chi connectivity index (χ0n) is 7.30. The number of benzene rings is 1. The molecule has 0 spiro atoms. The molecule has 0 unspecified atom stereocenters. The average molecular weight is 212 g/mol. The molecule has 13 heavy (non-hydrogen) atoms. The molecule has 1 nitrogen and oxygen atoms in total. The maximum Gasteiger partial charge on any atom is 0.0584 e. The molecule has 2 aromatic rings. The van der Waals surface area contributed by atoms with Crippen molar-refractivity contribution < 1.29 is 0 Å². The molecular formula is C10H10ClNS. The highest BCUT2D eigenvalue weighted by atomic mass is 35.5. The number of hydrogen-bond donors (Lipinski definition) is 1. The van der Waals surface area contributed by atoms with Crippen LogP contribution in [0.4, 0.5) is 0 Å². The summed E-state index contributed by atoms with van der Waals surface area (Å²) in [6.07, 6.45) is 0. The SMILES string of the molecule is Cc1c(CN)sc2c(Cl)cccc12. The number of nitrogens with two attached hydrogens (primary N) is 1. The molecule has 2 N–H and O–H groups in total. The third kappa shape index (κ3) is 1.35. The lowest BCUT2D eigenvalue weighted by atomic mass is 10.1. The Morgan fingerprint density at radius 3 is 2.85 bits per heavy atom. The van der Waals surface area contributed by atoms with E-state index in [0.29, 0.717) is 6.54 Å². The van der Waals surface area contributed by atoms with Gasteiger partial charge in [0.15, 0.2) is 0 Å². The van der Waals surface area contributed by atoms with Crippen molar-refractivity contribution in [3.63, 3.8) is 0 Å². The van der Waals surface area contributed by atoms with Gasteiger partial charge in [0.05, 0.1) is 9.72 Å². The zero-order chi connectivity index (χ0) is 9.42. The summed E-state index contributed by atoms with van der Waals surface area (Å²) in [5, 5.41) is 2.06. The Balaban J connectivity index is 2.83. The molecular weight excluding hydrogens is 202 g/mol. The molecule has 0 bridgehead atoms. The highest BCUT2D eigenvalue weighted by molar-refractivity contribution is 7.20. The second kappa shape index (κ2) is 3.29. The van der Waals surface area contributed by atoms with Crippen molar-refractivity contribution in [3.05, 3.63) is 33.7 Å². The smallest absolute Gasteiger partial charge is 0.0584 e. The second-order valence-corrected chi connectivity index (χ2v) is 4.48. The number of hydrogen-bond acceptors (Lipinski definition) is 2. The van der Waals surface area contributed by atoms with Crippen LogP contribution in [-0.4, -0.2) is 0 Å². The normalized spacial score (nSPS) is 11.0. The van der Waals surface area contributed by atoms with Crippen molar-refractivity contribution in [2.24, 2.45) is 5.73 Å². The van der Waals surface area contributed by atoms with E-state index in [1.54, 1.807) is 11.3 Å². The first-order valence-electron chi connectivity index (χ1n) is 4.10. The maximum atomic E-state index is 6.07. The van der Waals surface area contributed by atoms with Crippen LogP contribution in [-0.2, 0) is 6.54 Å². The second-order valence-electron chi connectivity index (χ2n) is 2.97. The first kappa shape index (κ1) is 9.00. The number of halogens is 1. The molecule has 1 heterocycles. The first-order valence-corrected chi connectivity index (χ1v) is 5.30. The fourth-order valence-electron chi connectivity index (χ4n) is 1.45. The summed E-state index contributed by atoms with van der Waals surface area (Å²) in [5.74, 6) is 0. The Labute approximate surface area is 86.1 Å². The van der Waals surface area contributed by atoms with Gasteiger partial charge in [0.25, 0.3) is 0 Å². The molecule has 68 valence electrons. The number of rotatable bonds is 1. The molecule has 0 saturated heterocycles. The van der Waals surface area contributed by atoms with Crippen LogP contribution in [0.3, 0.4) is 0 Å².